The Labute approximate surface area is 80.1 Å². The molecular formula is C8H11BrN2O. The number of aromatic nitrogens is 1. The number of nitrogens with two attached hydrogens (primary N) is 1. The van der Waals surface area contributed by atoms with Crippen LogP contribution in [0.25, 0.3) is 0 Å². The number of pyridine rings is 1. The van der Waals surface area contributed by atoms with Gasteiger partial charge in [0.25, 0.3) is 0 Å². The number of nitrogens with zero attached hydrogens (tertiary/aromatic N) is 1. The highest BCUT2D eigenvalue weighted by molar-refractivity contribution is 9.10. The lowest BCUT2D eigenvalue weighted by atomic mass is 10.4. The largest absolute Gasteiger partial charge is 0.492 e. The molecule has 1 aromatic rings. The Morgan fingerprint density at radius 2 is 2.33 bits per heavy atom. The molecule has 0 fully saturated rings. The minimum Gasteiger partial charge on any atom is -0.492 e. The number of ether oxygens (including phenoxy) is 1. The van der Waals surface area contributed by atoms with Crippen LogP contribution in [0, 0.1) is 0 Å². The van der Waals surface area contributed by atoms with E-state index in [1.165, 1.54) is 0 Å². The fraction of sp³-hybridized carbons (Fsp3) is 0.375. The van der Waals surface area contributed by atoms with E-state index in [9.17, 15) is 0 Å². The second-order valence-corrected chi connectivity index (χ2v) is 3.12. The van der Waals surface area contributed by atoms with Gasteiger partial charge >= 0.3 is 0 Å². The summed E-state index contributed by atoms with van der Waals surface area (Å²) in [5, 5.41) is 0. The maximum absolute atomic E-state index is 5.34. The van der Waals surface area contributed by atoms with E-state index < -0.39 is 0 Å². The van der Waals surface area contributed by atoms with E-state index in [0.29, 0.717) is 13.2 Å². The lowest BCUT2D eigenvalue weighted by molar-refractivity contribution is 0.312. The molecule has 0 radical (unpaired) electrons. The number of hydrogen-bond donors (Lipinski definition) is 1. The molecule has 0 aromatic carbocycles. The van der Waals surface area contributed by atoms with Gasteiger partial charge in [0.15, 0.2) is 0 Å². The molecule has 4 heteroatoms. The number of rotatable bonds is 4. The third-order valence-electron chi connectivity index (χ3n) is 1.32. The Morgan fingerprint density at radius 3 is 2.92 bits per heavy atom. The van der Waals surface area contributed by atoms with Gasteiger partial charge in [0.2, 0.25) is 0 Å². The zero-order valence-electron chi connectivity index (χ0n) is 6.66. The third-order valence-corrected chi connectivity index (χ3v) is 1.79. The average molecular weight is 231 g/mol. The summed E-state index contributed by atoms with van der Waals surface area (Å²) >= 11 is 3.24. The van der Waals surface area contributed by atoms with E-state index in [-0.39, 0.29) is 0 Å². The van der Waals surface area contributed by atoms with E-state index in [1.807, 2.05) is 12.1 Å². The van der Waals surface area contributed by atoms with Crippen molar-refractivity contribution in [3.8, 4) is 5.75 Å². The molecule has 12 heavy (non-hydrogen) atoms. The van der Waals surface area contributed by atoms with Crippen LogP contribution >= 0.6 is 15.9 Å². The van der Waals surface area contributed by atoms with Crippen LogP contribution in [0.15, 0.2) is 22.9 Å². The summed E-state index contributed by atoms with van der Waals surface area (Å²) in [5.74, 6) is 0.784. The first kappa shape index (κ1) is 9.48. The molecule has 0 bridgehead atoms. The molecule has 2 N–H and O–H groups in total. The lowest BCUT2D eigenvalue weighted by Crippen LogP contribution is -2.06. The molecular weight excluding hydrogens is 220 g/mol. The smallest absolute Gasteiger partial charge is 0.137 e. The Kier molecular flexibility index (Phi) is 4.04. The molecule has 0 unspecified atom stereocenters. The Morgan fingerprint density at radius 1 is 1.50 bits per heavy atom. The van der Waals surface area contributed by atoms with Gasteiger partial charge in [0, 0.05) is 0 Å². The standard InChI is InChI=1S/C8H11BrN2O/c9-8-3-2-7(6-11-8)12-5-1-4-10/h2-3,6H,1,4-5,10H2. The first-order valence-corrected chi connectivity index (χ1v) is 4.56. The maximum Gasteiger partial charge on any atom is 0.137 e. The fourth-order valence-corrected chi connectivity index (χ4v) is 0.956. The molecule has 1 aromatic heterocycles. The number of hydrogen-bond acceptors (Lipinski definition) is 3. The molecule has 0 aliphatic carbocycles. The van der Waals surface area contributed by atoms with Crippen LogP contribution in [0.1, 0.15) is 6.42 Å². The van der Waals surface area contributed by atoms with Gasteiger partial charge in [-0.1, -0.05) is 0 Å². The summed E-state index contributed by atoms with van der Waals surface area (Å²) in [6.07, 6.45) is 2.55. The molecule has 1 rings (SSSR count). The highest BCUT2D eigenvalue weighted by Crippen LogP contribution is 2.12. The summed E-state index contributed by atoms with van der Waals surface area (Å²) in [5.41, 5.74) is 5.31. The zero-order valence-corrected chi connectivity index (χ0v) is 8.25. The van der Waals surface area contributed by atoms with Crippen molar-refractivity contribution in [2.75, 3.05) is 13.2 Å². The Balaban J connectivity index is 2.37. The van der Waals surface area contributed by atoms with Crippen LogP contribution in [0.3, 0.4) is 0 Å². The SMILES string of the molecule is NCCCOc1ccc(Br)nc1. The molecule has 0 atom stereocenters. The summed E-state index contributed by atoms with van der Waals surface area (Å²) in [6, 6.07) is 3.71. The monoisotopic (exact) mass is 230 g/mol. The molecule has 1 heterocycles. The van der Waals surface area contributed by atoms with Crippen LogP contribution in [0.4, 0.5) is 0 Å². The molecule has 3 nitrogen and oxygen atoms in total. The zero-order chi connectivity index (χ0) is 8.81. The van der Waals surface area contributed by atoms with E-state index in [4.69, 9.17) is 10.5 Å². The van der Waals surface area contributed by atoms with Crippen molar-refractivity contribution >= 4 is 15.9 Å². The van der Waals surface area contributed by atoms with E-state index >= 15 is 0 Å². The van der Waals surface area contributed by atoms with Gasteiger partial charge in [-0.15, -0.1) is 0 Å². The molecule has 0 saturated carbocycles. The molecule has 0 aliphatic heterocycles. The van der Waals surface area contributed by atoms with Crippen LogP contribution in [-0.4, -0.2) is 18.1 Å². The average Bonchev–Trinajstić information content (AvgIpc) is 2.09. The van der Waals surface area contributed by atoms with Gasteiger partial charge < -0.3 is 10.5 Å². The Bertz CT molecular complexity index is 225. The van der Waals surface area contributed by atoms with Crippen LogP contribution in [0.5, 0.6) is 5.75 Å². The van der Waals surface area contributed by atoms with Gasteiger partial charge in [-0.05, 0) is 41.0 Å². The molecule has 0 aliphatic rings. The van der Waals surface area contributed by atoms with Crippen LogP contribution in [0.2, 0.25) is 0 Å². The summed E-state index contributed by atoms with van der Waals surface area (Å²) < 4.78 is 6.15. The van der Waals surface area contributed by atoms with Crippen molar-refractivity contribution < 1.29 is 4.74 Å². The second kappa shape index (κ2) is 5.11. The lowest BCUT2D eigenvalue weighted by Gasteiger charge is -2.03. The third kappa shape index (κ3) is 3.19. The maximum atomic E-state index is 5.34. The molecule has 0 saturated heterocycles. The van der Waals surface area contributed by atoms with E-state index in [1.54, 1.807) is 6.20 Å². The van der Waals surface area contributed by atoms with Crippen molar-refractivity contribution in [3.63, 3.8) is 0 Å². The van der Waals surface area contributed by atoms with E-state index in [0.717, 1.165) is 16.8 Å². The van der Waals surface area contributed by atoms with Crippen molar-refractivity contribution in [2.24, 2.45) is 5.73 Å². The van der Waals surface area contributed by atoms with Crippen molar-refractivity contribution in [1.29, 1.82) is 0 Å². The highest BCUT2D eigenvalue weighted by atomic mass is 79.9. The first-order chi connectivity index (χ1) is 5.83. The van der Waals surface area contributed by atoms with Gasteiger partial charge in [-0.3, -0.25) is 0 Å². The van der Waals surface area contributed by atoms with E-state index in [2.05, 4.69) is 20.9 Å². The van der Waals surface area contributed by atoms with Crippen LogP contribution in [-0.2, 0) is 0 Å². The second-order valence-electron chi connectivity index (χ2n) is 2.31. The van der Waals surface area contributed by atoms with Gasteiger partial charge in [-0.2, -0.15) is 0 Å². The normalized spacial score (nSPS) is 9.83. The van der Waals surface area contributed by atoms with Crippen molar-refractivity contribution in [2.45, 2.75) is 6.42 Å². The van der Waals surface area contributed by atoms with Gasteiger partial charge in [0.05, 0.1) is 12.8 Å². The predicted octanol–water partition coefficient (Wildman–Crippen LogP) is 1.57. The minimum absolute atomic E-state index is 0.653. The first-order valence-electron chi connectivity index (χ1n) is 3.77. The molecule has 0 spiro atoms. The highest BCUT2D eigenvalue weighted by Gasteiger charge is 1.92. The Hall–Kier alpha value is -0.610. The fourth-order valence-electron chi connectivity index (χ4n) is 0.721. The summed E-state index contributed by atoms with van der Waals surface area (Å²) in [6.45, 7) is 1.31. The topological polar surface area (TPSA) is 48.1 Å². The minimum atomic E-state index is 0.653. The van der Waals surface area contributed by atoms with Gasteiger partial charge in [0.1, 0.15) is 10.4 Å². The molecule has 66 valence electrons. The molecule has 0 amide bonds. The van der Waals surface area contributed by atoms with Gasteiger partial charge in [-0.25, -0.2) is 4.98 Å². The summed E-state index contributed by atoms with van der Waals surface area (Å²) in [4.78, 5) is 4.02. The summed E-state index contributed by atoms with van der Waals surface area (Å²) in [7, 11) is 0. The quantitative estimate of drug-likeness (QED) is 0.632. The van der Waals surface area contributed by atoms with Crippen molar-refractivity contribution in [1.82, 2.24) is 4.98 Å². The predicted molar refractivity (Wildman–Crippen MR) is 51.1 cm³/mol. The number of halogens is 1. The van der Waals surface area contributed by atoms with Crippen LogP contribution < -0.4 is 10.5 Å². The van der Waals surface area contributed by atoms with Crippen molar-refractivity contribution in [3.05, 3.63) is 22.9 Å².